The first kappa shape index (κ1) is 17.1. The van der Waals surface area contributed by atoms with E-state index in [0.717, 1.165) is 5.56 Å². The number of benzene rings is 1. The van der Waals surface area contributed by atoms with Crippen molar-refractivity contribution in [2.24, 2.45) is 5.92 Å². The minimum Gasteiger partial charge on any atom is -0.335 e. The topological polar surface area (TPSA) is 20.3 Å². The van der Waals surface area contributed by atoms with Crippen molar-refractivity contribution in [3.63, 3.8) is 0 Å². The summed E-state index contributed by atoms with van der Waals surface area (Å²) in [6.45, 7) is 7.31. The van der Waals surface area contributed by atoms with E-state index in [4.69, 9.17) is 23.2 Å². The Balaban J connectivity index is 2.78. The fraction of sp³-hybridized carbons (Fsp3) is 0.438. The summed E-state index contributed by atoms with van der Waals surface area (Å²) >= 11 is 11.7. The zero-order valence-electron chi connectivity index (χ0n) is 12.1. The lowest BCUT2D eigenvalue weighted by molar-refractivity contribution is -0.127. The molecular formula is C16H21Cl2NO. The number of rotatable bonds is 6. The van der Waals surface area contributed by atoms with Crippen LogP contribution in [0.3, 0.4) is 0 Å². The molecule has 0 aliphatic carbocycles. The highest BCUT2D eigenvalue weighted by Crippen LogP contribution is 2.13. The van der Waals surface area contributed by atoms with Crippen LogP contribution >= 0.6 is 23.2 Å². The molecule has 1 unspecified atom stereocenters. The second-order valence-electron chi connectivity index (χ2n) is 5.28. The lowest BCUT2D eigenvalue weighted by Gasteiger charge is -2.23. The first-order valence-corrected chi connectivity index (χ1v) is 7.55. The Labute approximate surface area is 131 Å². The normalized spacial score (nSPS) is 12.9. The average molecular weight is 314 g/mol. The lowest BCUT2D eigenvalue weighted by Crippen LogP contribution is -2.32. The second-order valence-corrected chi connectivity index (χ2v) is 6.40. The van der Waals surface area contributed by atoms with E-state index in [1.807, 2.05) is 36.1 Å². The first-order chi connectivity index (χ1) is 9.38. The molecule has 1 rings (SSSR count). The number of hydrogen-bond donors (Lipinski definition) is 0. The molecule has 0 aliphatic heterocycles. The highest BCUT2D eigenvalue weighted by molar-refractivity contribution is 6.30. The van der Waals surface area contributed by atoms with Crippen molar-refractivity contribution in [3.05, 3.63) is 47.0 Å². The molecule has 0 aromatic heterocycles. The predicted molar refractivity (Wildman–Crippen MR) is 86.2 cm³/mol. The van der Waals surface area contributed by atoms with Crippen LogP contribution < -0.4 is 0 Å². The molecule has 0 bridgehead atoms. The van der Waals surface area contributed by atoms with Crippen LogP contribution in [0.1, 0.15) is 26.3 Å². The Morgan fingerprint density at radius 2 is 1.85 bits per heavy atom. The van der Waals surface area contributed by atoms with Gasteiger partial charge in [0.05, 0.1) is 0 Å². The first-order valence-electron chi connectivity index (χ1n) is 6.74. The van der Waals surface area contributed by atoms with Crippen molar-refractivity contribution in [3.8, 4) is 0 Å². The van der Waals surface area contributed by atoms with E-state index in [1.54, 1.807) is 12.2 Å². The summed E-state index contributed by atoms with van der Waals surface area (Å²) in [4.78, 5) is 14.0. The third-order valence-electron chi connectivity index (χ3n) is 2.69. The highest BCUT2D eigenvalue weighted by atomic mass is 35.5. The van der Waals surface area contributed by atoms with Gasteiger partial charge in [-0.1, -0.05) is 43.7 Å². The zero-order chi connectivity index (χ0) is 15.1. The summed E-state index contributed by atoms with van der Waals surface area (Å²) in [6, 6.07) is 7.56. The molecule has 1 amide bonds. The van der Waals surface area contributed by atoms with Gasteiger partial charge in [-0.05, 0) is 30.5 Å². The van der Waals surface area contributed by atoms with Gasteiger partial charge in [0.25, 0.3) is 0 Å². The van der Waals surface area contributed by atoms with Gasteiger partial charge >= 0.3 is 0 Å². The maximum atomic E-state index is 12.2. The number of alkyl halides is 1. The van der Waals surface area contributed by atoms with Crippen molar-refractivity contribution in [2.75, 3.05) is 6.54 Å². The third-order valence-corrected chi connectivity index (χ3v) is 3.09. The maximum absolute atomic E-state index is 12.2. The van der Waals surface area contributed by atoms with E-state index in [2.05, 4.69) is 13.8 Å². The Morgan fingerprint density at radius 1 is 1.25 bits per heavy atom. The molecule has 0 heterocycles. The summed E-state index contributed by atoms with van der Waals surface area (Å²) in [6.07, 6.45) is 3.26. The largest absolute Gasteiger partial charge is 0.335 e. The molecule has 1 atom stereocenters. The Bertz CT molecular complexity index is 452. The van der Waals surface area contributed by atoms with Crippen LogP contribution in [-0.2, 0) is 11.3 Å². The average Bonchev–Trinajstić information content (AvgIpc) is 2.37. The number of nitrogens with zero attached hydrogens (tertiary/aromatic N) is 1. The van der Waals surface area contributed by atoms with Gasteiger partial charge in [0.2, 0.25) is 5.91 Å². The number of allylic oxidation sites excluding steroid dienone is 1. The Hall–Kier alpha value is -0.990. The molecule has 0 spiro atoms. The molecule has 20 heavy (non-hydrogen) atoms. The second kappa shape index (κ2) is 8.33. The summed E-state index contributed by atoms with van der Waals surface area (Å²) in [7, 11) is 0. The standard InChI is InChI=1S/C16H21Cl2NO/c1-12(2)10-19(16(20)9-4-13(3)17)11-14-5-7-15(18)8-6-14/h4-9,12-13H,10-11H2,1-3H3. The van der Waals surface area contributed by atoms with Gasteiger partial charge in [0.15, 0.2) is 0 Å². The molecule has 1 aromatic rings. The van der Waals surface area contributed by atoms with Crippen LogP contribution in [0.15, 0.2) is 36.4 Å². The molecule has 0 aliphatic rings. The zero-order valence-corrected chi connectivity index (χ0v) is 13.7. The lowest BCUT2D eigenvalue weighted by atomic mass is 10.1. The molecule has 1 aromatic carbocycles. The number of halogens is 2. The van der Waals surface area contributed by atoms with Gasteiger partial charge < -0.3 is 4.90 Å². The van der Waals surface area contributed by atoms with Crippen LogP contribution in [0.25, 0.3) is 0 Å². The highest BCUT2D eigenvalue weighted by Gasteiger charge is 2.13. The Morgan fingerprint density at radius 3 is 2.35 bits per heavy atom. The van der Waals surface area contributed by atoms with E-state index < -0.39 is 0 Å². The maximum Gasteiger partial charge on any atom is 0.246 e. The van der Waals surface area contributed by atoms with Crippen molar-refractivity contribution in [2.45, 2.75) is 32.7 Å². The van der Waals surface area contributed by atoms with E-state index in [-0.39, 0.29) is 11.3 Å². The molecule has 4 heteroatoms. The van der Waals surface area contributed by atoms with Crippen LogP contribution in [0.5, 0.6) is 0 Å². The van der Waals surface area contributed by atoms with Gasteiger partial charge in [-0.2, -0.15) is 0 Å². The van der Waals surface area contributed by atoms with Crippen molar-refractivity contribution < 1.29 is 4.79 Å². The van der Waals surface area contributed by atoms with Crippen molar-refractivity contribution >= 4 is 29.1 Å². The van der Waals surface area contributed by atoms with Crippen molar-refractivity contribution in [1.29, 1.82) is 0 Å². The predicted octanol–water partition coefficient (Wildman–Crippen LogP) is 4.51. The van der Waals surface area contributed by atoms with Gasteiger partial charge in [0, 0.05) is 29.6 Å². The quantitative estimate of drug-likeness (QED) is 0.559. The summed E-state index contributed by atoms with van der Waals surface area (Å²) in [5.41, 5.74) is 1.07. The number of hydrogen-bond acceptors (Lipinski definition) is 1. The summed E-state index contributed by atoms with van der Waals surface area (Å²) in [5.74, 6) is 0.397. The minimum absolute atomic E-state index is 0.0128. The number of carbonyl (C=O) groups excluding carboxylic acids is 1. The van der Waals surface area contributed by atoms with E-state index in [0.29, 0.717) is 24.0 Å². The van der Waals surface area contributed by atoms with E-state index >= 15 is 0 Å². The summed E-state index contributed by atoms with van der Waals surface area (Å²) in [5, 5.41) is 0.557. The molecule has 0 N–H and O–H groups in total. The van der Waals surface area contributed by atoms with Gasteiger partial charge in [-0.3, -0.25) is 4.79 Å². The van der Waals surface area contributed by atoms with Gasteiger partial charge in [-0.15, -0.1) is 11.6 Å². The smallest absolute Gasteiger partial charge is 0.246 e. The summed E-state index contributed by atoms with van der Waals surface area (Å²) < 4.78 is 0. The molecule has 0 radical (unpaired) electrons. The molecule has 110 valence electrons. The monoisotopic (exact) mass is 313 g/mol. The van der Waals surface area contributed by atoms with Crippen LogP contribution in [-0.4, -0.2) is 22.7 Å². The fourth-order valence-electron chi connectivity index (χ4n) is 1.80. The molecule has 0 fully saturated rings. The van der Waals surface area contributed by atoms with Crippen LogP contribution in [0, 0.1) is 5.92 Å². The SMILES string of the molecule is CC(Cl)C=CC(=O)N(Cc1ccc(Cl)cc1)CC(C)C. The number of amides is 1. The van der Waals surface area contributed by atoms with Crippen LogP contribution in [0.4, 0.5) is 0 Å². The fourth-order valence-corrected chi connectivity index (χ4v) is 2.00. The molecule has 0 saturated heterocycles. The third kappa shape index (κ3) is 6.44. The van der Waals surface area contributed by atoms with E-state index in [9.17, 15) is 4.79 Å². The molecule has 2 nitrogen and oxygen atoms in total. The van der Waals surface area contributed by atoms with Crippen LogP contribution in [0.2, 0.25) is 5.02 Å². The minimum atomic E-state index is -0.143. The number of carbonyl (C=O) groups is 1. The Kier molecular flexibility index (Phi) is 7.11. The molecule has 0 saturated carbocycles. The van der Waals surface area contributed by atoms with Crippen molar-refractivity contribution in [1.82, 2.24) is 4.90 Å². The van der Waals surface area contributed by atoms with Gasteiger partial charge in [0.1, 0.15) is 0 Å². The molecular weight excluding hydrogens is 293 g/mol. The van der Waals surface area contributed by atoms with Gasteiger partial charge in [-0.25, -0.2) is 0 Å². The van der Waals surface area contributed by atoms with E-state index in [1.165, 1.54) is 0 Å².